The molecule has 0 saturated carbocycles. The van der Waals surface area contributed by atoms with Crippen LogP contribution < -0.4 is 21.3 Å². The lowest BCUT2D eigenvalue weighted by Gasteiger charge is -2.18. The van der Waals surface area contributed by atoms with Crippen molar-refractivity contribution in [2.24, 2.45) is 0 Å². The monoisotopic (exact) mass is 422 g/mol. The van der Waals surface area contributed by atoms with Gasteiger partial charge in [0.1, 0.15) is 6.04 Å². The highest BCUT2D eigenvalue weighted by atomic mass is 32.1. The molecular weight excluding hydrogens is 400 g/mol. The molecule has 8 heteroatoms. The third kappa shape index (κ3) is 5.92. The first kappa shape index (κ1) is 21.1. The molecule has 4 N–H and O–H groups in total. The zero-order valence-corrected chi connectivity index (χ0v) is 17.2. The average molecular weight is 423 g/mol. The van der Waals surface area contributed by atoms with Crippen molar-refractivity contribution in [2.45, 2.75) is 12.5 Å². The van der Waals surface area contributed by atoms with E-state index in [1.165, 1.54) is 18.4 Å². The molecule has 1 unspecified atom stereocenters. The number of anilines is 2. The van der Waals surface area contributed by atoms with Gasteiger partial charge in [0, 0.05) is 24.8 Å². The summed E-state index contributed by atoms with van der Waals surface area (Å²) in [6.07, 6.45) is 0.361. The van der Waals surface area contributed by atoms with Gasteiger partial charge in [0.25, 0.3) is 5.91 Å². The van der Waals surface area contributed by atoms with Gasteiger partial charge >= 0.3 is 6.03 Å². The van der Waals surface area contributed by atoms with E-state index in [4.69, 9.17) is 0 Å². The van der Waals surface area contributed by atoms with Crippen LogP contribution in [0.1, 0.15) is 15.2 Å². The molecule has 154 valence electrons. The van der Waals surface area contributed by atoms with Crippen molar-refractivity contribution in [2.75, 3.05) is 17.7 Å². The SMILES string of the molecule is CNC(=O)Nc1ccc(NC(=O)C(Cc2ccccc2)NC(=O)c2cccs2)cc1. The fourth-order valence-corrected chi connectivity index (χ4v) is 3.38. The number of carbonyl (C=O) groups excluding carboxylic acids is 3. The second-order valence-electron chi connectivity index (χ2n) is 6.46. The maximum atomic E-state index is 12.9. The fraction of sp³-hybridized carbons (Fsp3) is 0.136. The highest BCUT2D eigenvalue weighted by molar-refractivity contribution is 7.12. The molecule has 3 aromatic rings. The minimum absolute atomic E-state index is 0.286. The zero-order chi connectivity index (χ0) is 21.3. The Bertz CT molecular complexity index is 989. The molecule has 0 bridgehead atoms. The summed E-state index contributed by atoms with van der Waals surface area (Å²) in [5, 5.41) is 12.6. The maximum Gasteiger partial charge on any atom is 0.318 e. The van der Waals surface area contributed by atoms with E-state index in [-0.39, 0.29) is 17.8 Å². The highest BCUT2D eigenvalue weighted by Crippen LogP contribution is 2.15. The predicted octanol–water partition coefficient (Wildman–Crippen LogP) is 3.48. The molecule has 30 heavy (non-hydrogen) atoms. The van der Waals surface area contributed by atoms with Crippen LogP contribution in [-0.4, -0.2) is 30.9 Å². The molecule has 1 heterocycles. The molecule has 1 aromatic heterocycles. The van der Waals surface area contributed by atoms with Gasteiger partial charge in [-0.2, -0.15) is 0 Å². The van der Waals surface area contributed by atoms with Gasteiger partial charge in [0.2, 0.25) is 5.91 Å². The molecule has 0 radical (unpaired) electrons. The van der Waals surface area contributed by atoms with Crippen molar-refractivity contribution in [1.82, 2.24) is 10.6 Å². The van der Waals surface area contributed by atoms with E-state index in [1.807, 2.05) is 35.7 Å². The Morgan fingerprint density at radius 2 is 1.53 bits per heavy atom. The molecule has 3 rings (SSSR count). The summed E-state index contributed by atoms with van der Waals surface area (Å²) in [5.74, 6) is -0.609. The number of rotatable bonds is 7. The first-order valence-corrected chi connectivity index (χ1v) is 10.2. The zero-order valence-electron chi connectivity index (χ0n) is 16.3. The molecule has 0 aliphatic heterocycles. The van der Waals surface area contributed by atoms with E-state index in [0.717, 1.165) is 5.56 Å². The van der Waals surface area contributed by atoms with Crippen LogP contribution in [0.25, 0.3) is 0 Å². The summed E-state index contributed by atoms with van der Waals surface area (Å²) in [5.41, 5.74) is 2.10. The number of hydrogen-bond acceptors (Lipinski definition) is 4. The fourth-order valence-electron chi connectivity index (χ4n) is 2.76. The molecule has 0 spiro atoms. The Hall–Kier alpha value is -3.65. The van der Waals surface area contributed by atoms with Crippen LogP contribution in [0.5, 0.6) is 0 Å². The van der Waals surface area contributed by atoms with Crippen molar-refractivity contribution in [3.05, 3.63) is 82.6 Å². The minimum Gasteiger partial charge on any atom is -0.341 e. The van der Waals surface area contributed by atoms with Gasteiger partial charge in [-0.15, -0.1) is 11.3 Å². The van der Waals surface area contributed by atoms with E-state index in [9.17, 15) is 14.4 Å². The van der Waals surface area contributed by atoms with Crippen LogP contribution in [0.4, 0.5) is 16.2 Å². The van der Waals surface area contributed by atoms with Gasteiger partial charge in [0.15, 0.2) is 0 Å². The number of thiophene rings is 1. The van der Waals surface area contributed by atoms with Crippen LogP contribution in [0.3, 0.4) is 0 Å². The Morgan fingerprint density at radius 3 is 2.13 bits per heavy atom. The van der Waals surface area contributed by atoms with Crippen LogP contribution >= 0.6 is 11.3 Å². The largest absolute Gasteiger partial charge is 0.341 e. The second kappa shape index (κ2) is 10.2. The van der Waals surface area contributed by atoms with Crippen LogP contribution in [0.15, 0.2) is 72.1 Å². The van der Waals surface area contributed by atoms with Gasteiger partial charge in [-0.25, -0.2) is 4.79 Å². The van der Waals surface area contributed by atoms with Gasteiger partial charge in [-0.3, -0.25) is 9.59 Å². The number of nitrogens with one attached hydrogen (secondary N) is 4. The summed E-state index contributed by atoms with van der Waals surface area (Å²) in [4.78, 5) is 37.4. The van der Waals surface area contributed by atoms with Crippen LogP contribution in [-0.2, 0) is 11.2 Å². The van der Waals surface area contributed by atoms with Crippen molar-refractivity contribution < 1.29 is 14.4 Å². The Morgan fingerprint density at radius 1 is 0.867 bits per heavy atom. The van der Waals surface area contributed by atoms with Crippen LogP contribution in [0, 0.1) is 0 Å². The standard InChI is InChI=1S/C22H22N4O3S/c1-23-22(29)25-17-11-9-16(10-12-17)24-20(27)18(14-15-6-3-2-4-7-15)26-21(28)19-8-5-13-30-19/h2-13,18H,14H2,1H3,(H,24,27)(H,26,28)(H2,23,25,29). The molecule has 0 saturated heterocycles. The minimum atomic E-state index is -0.745. The van der Waals surface area contributed by atoms with Crippen molar-refractivity contribution >= 4 is 40.6 Å². The van der Waals surface area contributed by atoms with E-state index < -0.39 is 6.04 Å². The topological polar surface area (TPSA) is 99.3 Å². The van der Waals surface area contributed by atoms with E-state index in [0.29, 0.717) is 22.7 Å². The second-order valence-corrected chi connectivity index (χ2v) is 7.41. The Labute approximate surface area is 178 Å². The molecule has 0 fully saturated rings. The summed E-state index contributed by atoms with van der Waals surface area (Å²) in [6.45, 7) is 0. The highest BCUT2D eigenvalue weighted by Gasteiger charge is 2.22. The van der Waals surface area contributed by atoms with Gasteiger partial charge in [0.05, 0.1) is 4.88 Å². The third-order valence-corrected chi connectivity index (χ3v) is 5.16. The summed E-state index contributed by atoms with van der Waals surface area (Å²) in [6, 6.07) is 18.7. The first-order valence-electron chi connectivity index (χ1n) is 9.33. The Kier molecular flexibility index (Phi) is 7.18. The van der Waals surface area contributed by atoms with Crippen molar-refractivity contribution in [3.63, 3.8) is 0 Å². The van der Waals surface area contributed by atoms with Gasteiger partial charge in [-0.1, -0.05) is 36.4 Å². The van der Waals surface area contributed by atoms with Crippen LogP contribution in [0.2, 0.25) is 0 Å². The predicted molar refractivity (Wildman–Crippen MR) is 119 cm³/mol. The summed E-state index contributed by atoms with van der Waals surface area (Å²) in [7, 11) is 1.53. The molecule has 7 nitrogen and oxygen atoms in total. The molecule has 0 aliphatic carbocycles. The van der Waals surface area contributed by atoms with E-state index >= 15 is 0 Å². The quantitative estimate of drug-likeness (QED) is 0.469. The molecule has 2 aromatic carbocycles. The lowest BCUT2D eigenvalue weighted by Crippen LogP contribution is -2.45. The lowest BCUT2D eigenvalue weighted by molar-refractivity contribution is -0.118. The smallest absolute Gasteiger partial charge is 0.318 e. The normalized spacial score (nSPS) is 11.2. The van der Waals surface area contributed by atoms with Gasteiger partial charge < -0.3 is 21.3 Å². The number of benzene rings is 2. The van der Waals surface area contributed by atoms with E-state index in [1.54, 1.807) is 36.4 Å². The number of amides is 4. The van der Waals surface area contributed by atoms with Crippen molar-refractivity contribution in [1.29, 1.82) is 0 Å². The maximum absolute atomic E-state index is 12.9. The van der Waals surface area contributed by atoms with E-state index in [2.05, 4.69) is 21.3 Å². The number of hydrogen-bond donors (Lipinski definition) is 4. The summed E-state index contributed by atoms with van der Waals surface area (Å²) < 4.78 is 0. The van der Waals surface area contributed by atoms with Crippen molar-refractivity contribution in [3.8, 4) is 0 Å². The van der Waals surface area contributed by atoms with Gasteiger partial charge in [-0.05, 0) is 41.3 Å². The Balaban J connectivity index is 1.70. The number of carbonyl (C=O) groups is 3. The first-order chi connectivity index (χ1) is 14.5. The summed E-state index contributed by atoms with van der Waals surface area (Å²) >= 11 is 1.32. The molecule has 0 aliphatic rings. The third-order valence-electron chi connectivity index (χ3n) is 4.29. The average Bonchev–Trinajstić information content (AvgIpc) is 3.30. The molecule has 4 amide bonds. The lowest BCUT2D eigenvalue weighted by atomic mass is 10.0. The molecule has 1 atom stereocenters. The number of urea groups is 1. The molecular formula is C22H22N4O3S.